The number of nitrogens with zero attached hydrogens (tertiary/aromatic N) is 2. The molecule has 0 aliphatic rings. The minimum atomic E-state index is -0.257. The van der Waals surface area contributed by atoms with E-state index in [1.165, 1.54) is 0 Å². The van der Waals surface area contributed by atoms with Gasteiger partial charge in [0.25, 0.3) is 5.91 Å². The quantitative estimate of drug-likeness (QED) is 0.773. The van der Waals surface area contributed by atoms with Crippen molar-refractivity contribution in [3.63, 3.8) is 0 Å². The highest BCUT2D eigenvalue weighted by Gasteiger charge is 2.13. The van der Waals surface area contributed by atoms with Crippen LogP contribution in [0.2, 0.25) is 0 Å². The number of fused-ring (bicyclic) bond motifs is 1. The molecule has 0 radical (unpaired) electrons. The molecule has 0 saturated carbocycles. The van der Waals surface area contributed by atoms with Gasteiger partial charge in [-0.2, -0.15) is 5.10 Å². The number of benzene rings is 1. The van der Waals surface area contributed by atoms with Crippen molar-refractivity contribution in [1.29, 1.82) is 0 Å². The number of anilines is 1. The minimum absolute atomic E-state index is 0.257. The predicted molar refractivity (Wildman–Crippen MR) is 82.6 cm³/mol. The number of carbonyl (C=O) groups is 1. The fraction of sp³-hybridized carbons (Fsp3) is 0.200. The first-order valence-corrected chi connectivity index (χ1v) is 6.66. The molecule has 0 saturated heterocycles. The van der Waals surface area contributed by atoms with Gasteiger partial charge >= 0.3 is 0 Å². The van der Waals surface area contributed by atoms with E-state index in [2.05, 4.69) is 15.4 Å². The largest absolute Gasteiger partial charge is 0.493 e. The molecule has 0 bridgehead atoms. The number of hydrogen-bond donors (Lipinski definition) is 2. The van der Waals surface area contributed by atoms with Gasteiger partial charge in [0.1, 0.15) is 5.69 Å². The molecule has 0 fully saturated rings. The molecule has 0 aliphatic carbocycles. The molecule has 3 rings (SSSR count). The van der Waals surface area contributed by atoms with Crippen LogP contribution in [0.15, 0.2) is 30.5 Å². The lowest BCUT2D eigenvalue weighted by molar-refractivity contribution is 0.102. The molecule has 114 valence electrons. The van der Waals surface area contributed by atoms with E-state index < -0.39 is 0 Å². The fourth-order valence-electron chi connectivity index (χ4n) is 2.25. The van der Waals surface area contributed by atoms with Gasteiger partial charge in [0.05, 0.1) is 14.2 Å². The summed E-state index contributed by atoms with van der Waals surface area (Å²) in [7, 11) is 4.93. The molecule has 1 amide bonds. The van der Waals surface area contributed by atoms with Crippen molar-refractivity contribution >= 4 is 22.6 Å². The van der Waals surface area contributed by atoms with Crippen LogP contribution in [0, 0.1) is 0 Å². The van der Waals surface area contributed by atoms with Crippen LogP contribution < -0.4 is 14.8 Å². The van der Waals surface area contributed by atoms with Crippen molar-refractivity contribution in [2.75, 3.05) is 19.5 Å². The Morgan fingerprint density at radius 3 is 2.59 bits per heavy atom. The van der Waals surface area contributed by atoms with Crippen molar-refractivity contribution in [2.45, 2.75) is 0 Å². The Bertz CT molecular complexity index is 794. The third-order valence-corrected chi connectivity index (χ3v) is 3.32. The molecule has 0 atom stereocenters. The molecule has 7 nitrogen and oxygen atoms in total. The Morgan fingerprint density at radius 2 is 1.95 bits per heavy atom. The molecule has 2 aromatic heterocycles. The molecule has 3 aromatic rings. The van der Waals surface area contributed by atoms with Crippen LogP contribution >= 0.6 is 0 Å². The molecule has 22 heavy (non-hydrogen) atoms. The van der Waals surface area contributed by atoms with E-state index in [9.17, 15) is 4.79 Å². The Labute approximate surface area is 126 Å². The number of ether oxygens (including phenoxy) is 2. The van der Waals surface area contributed by atoms with Crippen LogP contribution in [0.5, 0.6) is 11.5 Å². The summed E-state index contributed by atoms with van der Waals surface area (Å²) >= 11 is 0. The second kappa shape index (κ2) is 5.44. The van der Waals surface area contributed by atoms with E-state index in [0.29, 0.717) is 23.0 Å². The number of aryl methyl sites for hydroxylation is 1. The lowest BCUT2D eigenvalue weighted by Gasteiger charge is -2.06. The van der Waals surface area contributed by atoms with Gasteiger partial charge in [-0.15, -0.1) is 0 Å². The minimum Gasteiger partial charge on any atom is -0.493 e. The summed E-state index contributed by atoms with van der Waals surface area (Å²) in [6.45, 7) is 0. The van der Waals surface area contributed by atoms with Crippen LogP contribution in [0.1, 0.15) is 10.5 Å². The van der Waals surface area contributed by atoms with Gasteiger partial charge in [0, 0.05) is 36.3 Å². The van der Waals surface area contributed by atoms with Crippen LogP contribution in [-0.4, -0.2) is 34.9 Å². The highest BCUT2D eigenvalue weighted by atomic mass is 16.5. The smallest absolute Gasteiger partial charge is 0.273 e. The maximum atomic E-state index is 12.2. The molecule has 2 heterocycles. The number of H-pyrrole nitrogens is 1. The molecule has 0 unspecified atom stereocenters. The first-order chi connectivity index (χ1) is 10.6. The predicted octanol–water partition coefficient (Wildman–Crippen LogP) is 2.17. The highest BCUT2D eigenvalue weighted by molar-refractivity contribution is 6.05. The Kier molecular flexibility index (Phi) is 3.46. The summed E-state index contributed by atoms with van der Waals surface area (Å²) in [6.07, 6.45) is 1.76. The molecule has 1 aromatic carbocycles. The zero-order valence-electron chi connectivity index (χ0n) is 12.5. The van der Waals surface area contributed by atoms with E-state index in [-0.39, 0.29) is 5.91 Å². The highest BCUT2D eigenvalue weighted by Crippen LogP contribution is 2.32. The number of amides is 1. The summed E-state index contributed by atoms with van der Waals surface area (Å²) in [5.41, 5.74) is 1.24. The normalized spacial score (nSPS) is 10.7. The third-order valence-electron chi connectivity index (χ3n) is 3.32. The maximum Gasteiger partial charge on any atom is 0.273 e. The standard InChI is InChI=1S/C15H16N4O3/c1-19-5-4-14(18-19)17-15(20)11-6-9-7-12(21-2)13(22-3)8-10(9)16-11/h4-8,16H,1-3H3,(H,17,18,20). The molecular weight excluding hydrogens is 284 g/mol. The second-order valence-electron chi connectivity index (χ2n) is 4.81. The van der Waals surface area contributed by atoms with Gasteiger partial charge in [0.2, 0.25) is 0 Å². The van der Waals surface area contributed by atoms with Crippen molar-refractivity contribution < 1.29 is 14.3 Å². The molecular formula is C15H16N4O3. The molecule has 7 heteroatoms. The van der Waals surface area contributed by atoms with Crippen LogP contribution in [0.3, 0.4) is 0 Å². The average Bonchev–Trinajstić information content (AvgIpc) is 3.11. The lowest BCUT2D eigenvalue weighted by atomic mass is 10.2. The fourth-order valence-corrected chi connectivity index (χ4v) is 2.25. The summed E-state index contributed by atoms with van der Waals surface area (Å²) in [4.78, 5) is 15.3. The van der Waals surface area contributed by atoms with Crippen molar-refractivity contribution in [1.82, 2.24) is 14.8 Å². The summed E-state index contributed by atoms with van der Waals surface area (Å²) < 4.78 is 12.1. The monoisotopic (exact) mass is 300 g/mol. The number of aromatic nitrogens is 3. The third kappa shape index (κ3) is 2.48. The van der Waals surface area contributed by atoms with Gasteiger partial charge in [0.15, 0.2) is 17.3 Å². The van der Waals surface area contributed by atoms with Crippen LogP contribution in [0.4, 0.5) is 5.82 Å². The van der Waals surface area contributed by atoms with E-state index in [1.54, 1.807) is 50.3 Å². The Hall–Kier alpha value is -2.96. The molecule has 0 spiro atoms. The number of hydrogen-bond acceptors (Lipinski definition) is 4. The Morgan fingerprint density at radius 1 is 1.23 bits per heavy atom. The van der Waals surface area contributed by atoms with Gasteiger partial charge in [-0.3, -0.25) is 9.48 Å². The summed E-state index contributed by atoms with van der Waals surface area (Å²) in [5, 5.41) is 7.71. The lowest BCUT2D eigenvalue weighted by Crippen LogP contribution is -2.12. The van der Waals surface area contributed by atoms with Crippen LogP contribution in [-0.2, 0) is 7.05 Å². The summed E-state index contributed by atoms with van der Waals surface area (Å²) in [5.74, 6) is 1.47. The van der Waals surface area contributed by atoms with E-state index >= 15 is 0 Å². The SMILES string of the molecule is COc1cc2cc(C(=O)Nc3ccn(C)n3)[nH]c2cc1OC. The zero-order chi connectivity index (χ0) is 15.7. The number of methoxy groups -OCH3 is 2. The summed E-state index contributed by atoms with van der Waals surface area (Å²) in [6, 6.07) is 7.11. The van der Waals surface area contributed by atoms with Gasteiger partial charge in [-0.05, 0) is 12.1 Å². The first-order valence-electron chi connectivity index (χ1n) is 6.66. The van der Waals surface area contributed by atoms with Crippen LogP contribution in [0.25, 0.3) is 10.9 Å². The Balaban J connectivity index is 1.92. The number of aromatic amines is 1. The molecule has 2 N–H and O–H groups in total. The average molecular weight is 300 g/mol. The maximum absolute atomic E-state index is 12.2. The zero-order valence-corrected chi connectivity index (χ0v) is 12.5. The second-order valence-corrected chi connectivity index (χ2v) is 4.81. The number of carbonyl (C=O) groups excluding carboxylic acids is 1. The number of nitrogens with one attached hydrogen (secondary N) is 2. The topological polar surface area (TPSA) is 81.2 Å². The van der Waals surface area contributed by atoms with Crippen molar-refractivity contribution in [2.24, 2.45) is 7.05 Å². The number of rotatable bonds is 4. The van der Waals surface area contributed by atoms with Crippen molar-refractivity contribution in [3.8, 4) is 11.5 Å². The molecule has 0 aliphatic heterocycles. The van der Waals surface area contributed by atoms with E-state index in [1.807, 2.05) is 6.07 Å². The van der Waals surface area contributed by atoms with E-state index in [4.69, 9.17) is 9.47 Å². The van der Waals surface area contributed by atoms with Gasteiger partial charge in [-0.25, -0.2) is 0 Å². The van der Waals surface area contributed by atoms with Gasteiger partial charge < -0.3 is 19.8 Å². The first kappa shape index (κ1) is 14.0. The van der Waals surface area contributed by atoms with Crippen molar-refractivity contribution in [3.05, 3.63) is 36.2 Å². The van der Waals surface area contributed by atoms with E-state index in [0.717, 1.165) is 10.9 Å². The van der Waals surface area contributed by atoms with Gasteiger partial charge in [-0.1, -0.05) is 0 Å².